The maximum atomic E-state index is 12.1. The first-order valence-electron chi connectivity index (χ1n) is 6.41. The van der Waals surface area contributed by atoms with E-state index in [-0.39, 0.29) is 11.9 Å². The summed E-state index contributed by atoms with van der Waals surface area (Å²) >= 11 is 0. The molecule has 0 radical (unpaired) electrons. The van der Waals surface area contributed by atoms with Crippen LogP contribution in [0.4, 0.5) is 0 Å². The van der Waals surface area contributed by atoms with Crippen molar-refractivity contribution in [1.29, 1.82) is 0 Å². The molecule has 1 aliphatic rings. The molecule has 1 N–H and O–H groups in total. The molecule has 3 rings (SSSR count). The zero-order valence-electron chi connectivity index (χ0n) is 10.4. The van der Waals surface area contributed by atoms with Gasteiger partial charge in [0, 0.05) is 11.4 Å². The van der Waals surface area contributed by atoms with Crippen LogP contribution in [0.2, 0.25) is 0 Å². The van der Waals surface area contributed by atoms with E-state index in [4.69, 9.17) is 0 Å². The predicted molar refractivity (Wildman–Crippen MR) is 71.4 cm³/mol. The number of carbonyl (C=O) groups excluding carboxylic acids is 1. The summed E-state index contributed by atoms with van der Waals surface area (Å²) < 4.78 is 0. The van der Waals surface area contributed by atoms with Gasteiger partial charge in [0.15, 0.2) is 0 Å². The molecule has 1 aromatic carbocycles. The predicted octanol–water partition coefficient (Wildman–Crippen LogP) is 2.76. The van der Waals surface area contributed by atoms with E-state index in [0.717, 1.165) is 10.9 Å². The van der Waals surface area contributed by atoms with Gasteiger partial charge in [0.2, 0.25) is 0 Å². The largest absolute Gasteiger partial charge is 0.348 e. The van der Waals surface area contributed by atoms with Gasteiger partial charge in [0.1, 0.15) is 5.69 Å². The second-order valence-corrected chi connectivity index (χ2v) is 4.99. The number of carbonyl (C=O) groups is 1. The highest BCUT2D eigenvalue weighted by molar-refractivity contribution is 5.95. The van der Waals surface area contributed by atoms with E-state index in [0.29, 0.717) is 11.6 Å². The Balaban J connectivity index is 1.82. The second kappa shape index (κ2) is 4.41. The van der Waals surface area contributed by atoms with E-state index in [1.54, 1.807) is 6.07 Å². The Hall–Kier alpha value is -1.90. The number of hydrogen-bond donors (Lipinski definition) is 1. The summed E-state index contributed by atoms with van der Waals surface area (Å²) in [5.41, 5.74) is 1.37. The Bertz CT molecular complexity index is 590. The molecule has 1 atom stereocenters. The van der Waals surface area contributed by atoms with Crippen molar-refractivity contribution in [2.45, 2.75) is 25.8 Å². The quantitative estimate of drug-likeness (QED) is 0.896. The Morgan fingerprint density at radius 3 is 2.83 bits per heavy atom. The van der Waals surface area contributed by atoms with Gasteiger partial charge in [0.05, 0.1) is 5.52 Å². The first-order valence-corrected chi connectivity index (χ1v) is 6.41. The van der Waals surface area contributed by atoms with E-state index in [1.165, 1.54) is 12.8 Å². The molecule has 1 fully saturated rings. The van der Waals surface area contributed by atoms with Crippen LogP contribution in [0, 0.1) is 5.92 Å². The number of benzene rings is 1. The summed E-state index contributed by atoms with van der Waals surface area (Å²) in [5, 5.41) is 4.08. The number of nitrogens with one attached hydrogen (secondary N) is 1. The number of hydrogen-bond acceptors (Lipinski definition) is 2. The summed E-state index contributed by atoms with van der Waals surface area (Å²) in [6.45, 7) is 2.07. The van der Waals surface area contributed by atoms with E-state index >= 15 is 0 Å². The molecule has 3 nitrogen and oxygen atoms in total. The van der Waals surface area contributed by atoms with Gasteiger partial charge in [-0.15, -0.1) is 0 Å². The Morgan fingerprint density at radius 1 is 1.28 bits per heavy atom. The molecular weight excluding hydrogens is 224 g/mol. The average Bonchev–Trinajstić information content (AvgIpc) is 3.22. The number of aromatic nitrogens is 1. The number of nitrogens with zero attached hydrogens (tertiary/aromatic N) is 1. The second-order valence-electron chi connectivity index (χ2n) is 4.99. The molecule has 1 aromatic heterocycles. The van der Waals surface area contributed by atoms with Crippen molar-refractivity contribution in [2.75, 3.05) is 0 Å². The zero-order chi connectivity index (χ0) is 12.5. The highest BCUT2D eigenvalue weighted by atomic mass is 16.1. The van der Waals surface area contributed by atoms with Gasteiger partial charge in [-0.2, -0.15) is 0 Å². The van der Waals surface area contributed by atoms with Gasteiger partial charge in [-0.3, -0.25) is 4.79 Å². The number of para-hydroxylation sites is 1. The van der Waals surface area contributed by atoms with E-state index < -0.39 is 0 Å². The smallest absolute Gasteiger partial charge is 0.270 e. The standard InChI is InChI=1S/C15H16N2O/c1-10(11-6-7-11)16-15(18)14-9-8-12-4-2-3-5-13(12)17-14/h2-5,8-11H,6-7H2,1H3,(H,16,18). The van der Waals surface area contributed by atoms with Crippen LogP contribution < -0.4 is 5.32 Å². The van der Waals surface area contributed by atoms with Crippen LogP contribution in [0.5, 0.6) is 0 Å². The van der Waals surface area contributed by atoms with E-state index in [9.17, 15) is 4.79 Å². The maximum Gasteiger partial charge on any atom is 0.270 e. The third-order valence-corrected chi connectivity index (χ3v) is 3.52. The van der Waals surface area contributed by atoms with Crippen molar-refractivity contribution < 1.29 is 4.79 Å². The lowest BCUT2D eigenvalue weighted by Gasteiger charge is -2.12. The van der Waals surface area contributed by atoms with Crippen LogP contribution >= 0.6 is 0 Å². The van der Waals surface area contributed by atoms with Crippen molar-refractivity contribution in [2.24, 2.45) is 5.92 Å². The minimum absolute atomic E-state index is 0.0693. The van der Waals surface area contributed by atoms with Crippen molar-refractivity contribution in [3.05, 3.63) is 42.1 Å². The highest BCUT2D eigenvalue weighted by Gasteiger charge is 2.29. The molecule has 0 saturated heterocycles. The SMILES string of the molecule is CC(NC(=O)c1ccc2ccccc2n1)C1CC1. The highest BCUT2D eigenvalue weighted by Crippen LogP contribution is 2.32. The van der Waals surface area contributed by atoms with Crippen LogP contribution in [0.25, 0.3) is 10.9 Å². The van der Waals surface area contributed by atoms with Gasteiger partial charge in [-0.05, 0) is 37.8 Å². The third-order valence-electron chi connectivity index (χ3n) is 3.52. The molecule has 0 aliphatic heterocycles. The number of rotatable bonds is 3. The van der Waals surface area contributed by atoms with E-state index in [1.807, 2.05) is 30.3 Å². The molecule has 1 amide bonds. The first-order chi connectivity index (χ1) is 8.74. The summed E-state index contributed by atoms with van der Waals surface area (Å²) in [5.74, 6) is 0.592. The lowest BCUT2D eigenvalue weighted by atomic mass is 10.2. The summed E-state index contributed by atoms with van der Waals surface area (Å²) in [6.07, 6.45) is 2.46. The molecule has 18 heavy (non-hydrogen) atoms. The number of amides is 1. The van der Waals surface area contributed by atoms with Gasteiger partial charge >= 0.3 is 0 Å². The fourth-order valence-electron chi connectivity index (χ4n) is 2.19. The van der Waals surface area contributed by atoms with Crippen LogP contribution in [0.15, 0.2) is 36.4 Å². The van der Waals surface area contributed by atoms with Crippen molar-refractivity contribution >= 4 is 16.8 Å². The lowest BCUT2D eigenvalue weighted by Crippen LogP contribution is -2.34. The maximum absolute atomic E-state index is 12.1. The Morgan fingerprint density at radius 2 is 2.06 bits per heavy atom. The van der Waals surface area contributed by atoms with Crippen LogP contribution in [-0.2, 0) is 0 Å². The van der Waals surface area contributed by atoms with Crippen LogP contribution in [0.1, 0.15) is 30.3 Å². The third kappa shape index (κ3) is 2.21. The molecule has 1 aliphatic carbocycles. The molecule has 0 spiro atoms. The van der Waals surface area contributed by atoms with Crippen molar-refractivity contribution in [1.82, 2.24) is 10.3 Å². The Kier molecular flexibility index (Phi) is 2.74. The molecular formula is C15H16N2O. The molecule has 1 unspecified atom stereocenters. The number of fused-ring (bicyclic) bond motifs is 1. The summed E-state index contributed by atoms with van der Waals surface area (Å²) in [6, 6.07) is 11.8. The van der Waals surface area contributed by atoms with Gasteiger partial charge in [-0.25, -0.2) is 4.98 Å². The molecule has 1 heterocycles. The fraction of sp³-hybridized carbons (Fsp3) is 0.333. The first kappa shape index (κ1) is 11.2. The Labute approximate surface area is 106 Å². The summed E-state index contributed by atoms with van der Waals surface area (Å²) in [7, 11) is 0. The number of pyridine rings is 1. The van der Waals surface area contributed by atoms with Crippen LogP contribution in [-0.4, -0.2) is 16.9 Å². The van der Waals surface area contributed by atoms with Crippen molar-refractivity contribution in [3.8, 4) is 0 Å². The molecule has 3 heteroatoms. The zero-order valence-corrected chi connectivity index (χ0v) is 10.4. The molecule has 2 aromatic rings. The van der Waals surface area contributed by atoms with Crippen LogP contribution in [0.3, 0.4) is 0 Å². The molecule has 0 bridgehead atoms. The monoisotopic (exact) mass is 240 g/mol. The summed E-state index contributed by atoms with van der Waals surface area (Å²) in [4.78, 5) is 16.5. The average molecular weight is 240 g/mol. The van der Waals surface area contributed by atoms with E-state index in [2.05, 4.69) is 17.2 Å². The lowest BCUT2D eigenvalue weighted by molar-refractivity contribution is 0.0931. The van der Waals surface area contributed by atoms with Crippen molar-refractivity contribution in [3.63, 3.8) is 0 Å². The normalized spacial score (nSPS) is 16.5. The minimum atomic E-state index is -0.0693. The molecule has 1 saturated carbocycles. The minimum Gasteiger partial charge on any atom is -0.348 e. The van der Waals surface area contributed by atoms with Gasteiger partial charge < -0.3 is 5.32 Å². The van der Waals surface area contributed by atoms with Gasteiger partial charge in [-0.1, -0.05) is 24.3 Å². The fourth-order valence-corrected chi connectivity index (χ4v) is 2.19. The van der Waals surface area contributed by atoms with Gasteiger partial charge in [0.25, 0.3) is 5.91 Å². The topological polar surface area (TPSA) is 42.0 Å². The molecule has 92 valence electrons.